The van der Waals surface area contributed by atoms with Crippen LogP contribution < -0.4 is 5.73 Å². The van der Waals surface area contributed by atoms with Gasteiger partial charge in [0.15, 0.2) is 5.13 Å². The highest BCUT2D eigenvalue weighted by Gasteiger charge is 2.16. The average Bonchev–Trinajstić information content (AvgIpc) is 2.68. The third-order valence-corrected chi connectivity index (χ3v) is 4.46. The highest BCUT2D eigenvalue weighted by molar-refractivity contribution is 7.22. The molecule has 0 radical (unpaired) electrons. The number of benzene rings is 1. The van der Waals surface area contributed by atoms with Crippen LogP contribution in [0.2, 0.25) is 0 Å². The van der Waals surface area contributed by atoms with E-state index in [1.165, 1.54) is 36.2 Å². The second-order valence-corrected chi connectivity index (χ2v) is 6.40. The molecule has 2 N–H and O–H groups in total. The summed E-state index contributed by atoms with van der Waals surface area (Å²) in [6, 6.07) is 6.51. The number of thiazole rings is 1. The number of rotatable bonds is 2. The number of fused-ring (bicyclic) bond motifs is 1. The van der Waals surface area contributed by atoms with Crippen molar-refractivity contribution in [1.29, 1.82) is 0 Å². The number of aromatic nitrogens is 1. The van der Waals surface area contributed by atoms with Crippen LogP contribution in [0.5, 0.6) is 0 Å². The zero-order valence-electron chi connectivity index (χ0n) is 10.7. The van der Waals surface area contributed by atoms with Crippen LogP contribution in [0.3, 0.4) is 0 Å². The van der Waals surface area contributed by atoms with E-state index in [0.717, 1.165) is 18.0 Å². The molecule has 0 amide bonds. The van der Waals surface area contributed by atoms with E-state index in [9.17, 15) is 0 Å². The molecule has 0 aliphatic carbocycles. The Morgan fingerprint density at radius 2 is 2.39 bits per heavy atom. The topological polar surface area (TPSA) is 42.2 Å². The first-order valence-corrected chi connectivity index (χ1v) is 7.39. The van der Waals surface area contributed by atoms with Gasteiger partial charge in [-0.3, -0.25) is 4.90 Å². The van der Waals surface area contributed by atoms with Crippen LogP contribution in [0.25, 0.3) is 10.2 Å². The molecule has 1 fully saturated rings. The summed E-state index contributed by atoms with van der Waals surface area (Å²) in [7, 11) is 0. The number of nitrogen functional groups attached to an aromatic ring is 1. The minimum atomic E-state index is 0.661. The van der Waals surface area contributed by atoms with E-state index in [-0.39, 0.29) is 0 Å². The predicted molar refractivity (Wildman–Crippen MR) is 77.7 cm³/mol. The number of anilines is 1. The van der Waals surface area contributed by atoms with Crippen LogP contribution in [-0.2, 0) is 6.54 Å². The van der Waals surface area contributed by atoms with Crippen molar-refractivity contribution in [2.24, 2.45) is 5.92 Å². The van der Waals surface area contributed by atoms with Gasteiger partial charge in [-0.2, -0.15) is 0 Å². The smallest absolute Gasteiger partial charge is 0.181 e. The number of piperidine rings is 1. The Morgan fingerprint density at radius 1 is 1.50 bits per heavy atom. The summed E-state index contributed by atoms with van der Waals surface area (Å²) in [6.07, 6.45) is 2.71. The molecule has 1 saturated heterocycles. The molecule has 1 aromatic heterocycles. The zero-order chi connectivity index (χ0) is 12.5. The van der Waals surface area contributed by atoms with Crippen molar-refractivity contribution in [2.75, 3.05) is 18.8 Å². The number of hydrogen-bond donors (Lipinski definition) is 1. The lowest BCUT2D eigenvalue weighted by Gasteiger charge is -2.30. The molecule has 1 atom stereocenters. The normalized spacial score (nSPS) is 21.5. The van der Waals surface area contributed by atoms with Crippen molar-refractivity contribution in [2.45, 2.75) is 26.3 Å². The first kappa shape index (κ1) is 11.9. The van der Waals surface area contributed by atoms with Gasteiger partial charge >= 0.3 is 0 Å². The third-order valence-electron chi connectivity index (χ3n) is 3.62. The van der Waals surface area contributed by atoms with Crippen LogP contribution in [0, 0.1) is 5.92 Å². The Hall–Kier alpha value is -1.13. The van der Waals surface area contributed by atoms with Crippen molar-refractivity contribution in [1.82, 2.24) is 9.88 Å². The number of nitrogens with two attached hydrogens (primary N) is 1. The average molecular weight is 261 g/mol. The largest absolute Gasteiger partial charge is 0.375 e. The summed E-state index contributed by atoms with van der Waals surface area (Å²) in [5, 5.41) is 0.661. The first-order chi connectivity index (χ1) is 8.70. The van der Waals surface area contributed by atoms with Crippen LogP contribution in [0.4, 0.5) is 5.13 Å². The van der Waals surface area contributed by atoms with Crippen LogP contribution in [0.1, 0.15) is 25.3 Å². The van der Waals surface area contributed by atoms with Crippen LogP contribution >= 0.6 is 11.3 Å². The third kappa shape index (κ3) is 2.49. The maximum atomic E-state index is 5.74. The zero-order valence-corrected chi connectivity index (χ0v) is 11.5. The summed E-state index contributed by atoms with van der Waals surface area (Å²) < 4.78 is 1.20. The van der Waals surface area contributed by atoms with Crippen molar-refractivity contribution >= 4 is 26.7 Å². The van der Waals surface area contributed by atoms with Gasteiger partial charge in [0.05, 0.1) is 10.2 Å². The van der Waals surface area contributed by atoms with Gasteiger partial charge in [-0.25, -0.2) is 4.98 Å². The summed E-state index contributed by atoms with van der Waals surface area (Å²) in [5.41, 5.74) is 8.14. The van der Waals surface area contributed by atoms with Gasteiger partial charge in [0, 0.05) is 13.1 Å². The second-order valence-electron chi connectivity index (χ2n) is 5.34. The van der Waals surface area contributed by atoms with E-state index in [2.05, 4.69) is 35.0 Å². The highest BCUT2D eigenvalue weighted by atomic mass is 32.1. The van der Waals surface area contributed by atoms with Gasteiger partial charge in [0.1, 0.15) is 0 Å². The monoisotopic (exact) mass is 261 g/mol. The molecule has 1 aliphatic rings. The van der Waals surface area contributed by atoms with Crippen LogP contribution in [0.15, 0.2) is 18.2 Å². The van der Waals surface area contributed by atoms with E-state index in [0.29, 0.717) is 5.13 Å². The van der Waals surface area contributed by atoms with Gasteiger partial charge in [-0.15, -0.1) is 0 Å². The summed E-state index contributed by atoms with van der Waals surface area (Å²) in [6.45, 7) is 5.85. The Kier molecular flexibility index (Phi) is 3.22. The Labute approximate surface area is 112 Å². The molecule has 3 nitrogen and oxygen atoms in total. The minimum absolute atomic E-state index is 0.661. The molecule has 1 aliphatic heterocycles. The highest BCUT2D eigenvalue weighted by Crippen LogP contribution is 2.26. The lowest BCUT2D eigenvalue weighted by molar-refractivity contribution is 0.176. The fourth-order valence-corrected chi connectivity index (χ4v) is 3.57. The molecule has 0 spiro atoms. The molecule has 2 aromatic rings. The summed E-state index contributed by atoms with van der Waals surface area (Å²) in [4.78, 5) is 6.85. The molecule has 1 unspecified atom stereocenters. The lowest BCUT2D eigenvalue weighted by Crippen LogP contribution is -2.33. The van der Waals surface area contributed by atoms with E-state index >= 15 is 0 Å². The molecule has 0 bridgehead atoms. The van der Waals surface area contributed by atoms with Crippen LogP contribution in [-0.4, -0.2) is 23.0 Å². The van der Waals surface area contributed by atoms with Gasteiger partial charge in [0.2, 0.25) is 0 Å². The molecule has 18 heavy (non-hydrogen) atoms. The van der Waals surface area contributed by atoms with Gasteiger partial charge in [-0.05, 0) is 43.0 Å². The fourth-order valence-electron chi connectivity index (χ4n) is 2.77. The van der Waals surface area contributed by atoms with E-state index in [1.54, 1.807) is 11.3 Å². The lowest BCUT2D eigenvalue weighted by atomic mass is 10.00. The van der Waals surface area contributed by atoms with Gasteiger partial charge in [-0.1, -0.05) is 24.3 Å². The SMILES string of the molecule is CC1CCCN(Cc2ccc3nc(N)sc3c2)C1. The quantitative estimate of drug-likeness (QED) is 0.903. The van der Waals surface area contributed by atoms with E-state index in [1.807, 2.05) is 0 Å². The molecule has 2 heterocycles. The van der Waals surface area contributed by atoms with Crippen molar-refractivity contribution in [3.8, 4) is 0 Å². The van der Waals surface area contributed by atoms with Crippen molar-refractivity contribution < 1.29 is 0 Å². The fraction of sp³-hybridized carbons (Fsp3) is 0.500. The number of likely N-dealkylation sites (tertiary alicyclic amines) is 1. The molecule has 3 rings (SSSR count). The van der Waals surface area contributed by atoms with Gasteiger partial charge in [0.25, 0.3) is 0 Å². The Morgan fingerprint density at radius 3 is 3.22 bits per heavy atom. The molecule has 4 heteroatoms. The van der Waals surface area contributed by atoms with Crippen molar-refractivity contribution in [3.05, 3.63) is 23.8 Å². The maximum absolute atomic E-state index is 5.74. The number of nitrogens with zero attached hydrogens (tertiary/aromatic N) is 2. The predicted octanol–water partition coefficient (Wildman–Crippen LogP) is 3.11. The molecule has 96 valence electrons. The van der Waals surface area contributed by atoms with Crippen molar-refractivity contribution in [3.63, 3.8) is 0 Å². The van der Waals surface area contributed by atoms with E-state index < -0.39 is 0 Å². The maximum Gasteiger partial charge on any atom is 0.181 e. The molecular weight excluding hydrogens is 242 g/mol. The Balaban J connectivity index is 1.77. The summed E-state index contributed by atoms with van der Waals surface area (Å²) >= 11 is 1.58. The first-order valence-electron chi connectivity index (χ1n) is 6.58. The Bertz CT molecular complexity index is 549. The summed E-state index contributed by atoms with van der Waals surface area (Å²) in [5.74, 6) is 0.835. The second kappa shape index (κ2) is 4.86. The molecular formula is C14H19N3S. The number of hydrogen-bond acceptors (Lipinski definition) is 4. The molecule has 1 aromatic carbocycles. The minimum Gasteiger partial charge on any atom is -0.375 e. The molecule has 0 saturated carbocycles. The van der Waals surface area contributed by atoms with Gasteiger partial charge < -0.3 is 5.73 Å². The standard InChI is InChI=1S/C14H19N3S/c1-10-3-2-6-17(8-10)9-11-4-5-12-13(7-11)18-14(15)16-12/h4-5,7,10H,2-3,6,8-9H2,1H3,(H2,15,16). The van der Waals surface area contributed by atoms with E-state index in [4.69, 9.17) is 5.73 Å².